The van der Waals surface area contributed by atoms with Crippen LogP contribution in [0.4, 0.5) is 0 Å². The van der Waals surface area contributed by atoms with Gasteiger partial charge < -0.3 is 4.98 Å². The third-order valence-corrected chi connectivity index (χ3v) is 4.86. The lowest BCUT2D eigenvalue weighted by Crippen LogP contribution is -2.11. The number of aromatic nitrogens is 5. The van der Waals surface area contributed by atoms with Crippen LogP contribution in [-0.2, 0) is 19.9 Å². The zero-order valence-electron chi connectivity index (χ0n) is 11.0. The van der Waals surface area contributed by atoms with Crippen molar-refractivity contribution in [3.05, 3.63) is 27.0 Å². The predicted molar refractivity (Wildman–Crippen MR) is 76.9 cm³/mol. The highest BCUT2D eigenvalue weighted by atomic mass is 32.1. The second-order valence-corrected chi connectivity index (χ2v) is 6.17. The molecule has 0 unspecified atom stereocenters. The Labute approximate surface area is 118 Å². The maximum atomic E-state index is 12.4. The molecule has 6 nitrogen and oxygen atoms in total. The van der Waals surface area contributed by atoms with Crippen molar-refractivity contribution in [1.82, 2.24) is 25.0 Å². The lowest BCUT2D eigenvalue weighted by atomic mass is 9.97. The average molecular weight is 287 g/mol. The zero-order chi connectivity index (χ0) is 13.7. The van der Waals surface area contributed by atoms with Crippen molar-refractivity contribution in [3.8, 4) is 11.5 Å². The number of hydrogen-bond acceptors (Lipinski definition) is 5. The first-order chi connectivity index (χ1) is 9.72. The van der Waals surface area contributed by atoms with Gasteiger partial charge >= 0.3 is 0 Å². The first kappa shape index (κ1) is 11.8. The van der Waals surface area contributed by atoms with Gasteiger partial charge in [-0.25, -0.2) is 4.98 Å². The second kappa shape index (κ2) is 4.24. The van der Waals surface area contributed by atoms with Gasteiger partial charge in [-0.15, -0.1) is 16.4 Å². The molecule has 0 amide bonds. The first-order valence-electron chi connectivity index (χ1n) is 6.63. The van der Waals surface area contributed by atoms with E-state index in [9.17, 15) is 4.79 Å². The van der Waals surface area contributed by atoms with E-state index in [2.05, 4.69) is 20.3 Å². The van der Waals surface area contributed by atoms with Crippen LogP contribution in [0.25, 0.3) is 21.7 Å². The molecule has 0 radical (unpaired) electrons. The number of hydrogen-bond donors (Lipinski definition) is 1. The van der Waals surface area contributed by atoms with Gasteiger partial charge in [0.25, 0.3) is 5.56 Å². The topological polar surface area (TPSA) is 76.5 Å². The van der Waals surface area contributed by atoms with Crippen LogP contribution in [0.15, 0.2) is 11.0 Å². The van der Waals surface area contributed by atoms with E-state index in [0.717, 1.165) is 29.5 Å². The van der Waals surface area contributed by atoms with E-state index in [0.29, 0.717) is 11.5 Å². The highest BCUT2D eigenvalue weighted by Crippen LogP contribution is 2.33. The van der Waals surface area contributed by atoms with Gasteiger partial charge in [0, 0.05) is 11.9 Å². The van der Waals surface area contributed by atoms with Crippen LogP contribution in [0.3, 0.4) is 0 Å². The molecule has 1 N–H and O–H groups in total. The summed E-state index contributed by atoms with van der Waals surface area (Å²) in [5.74, 6) is 0.495. The molecule has 1 aliphatic carbocycles. The molecule has 4 rings (SSSR count). The maximum Gasteiger partial charge on any atom is 0.260 e. The minimum absolute atomic E-state index is 0.0601. The van der Waals surface area contributed by atoms with Crippen molar-refractivity contribution in [3.63, 3.8) is 0 Å². The summed E-state index contributed by atoms with van der Waals surface area (Å²) in [6.07, 6.45) is 6.16. The largest absolute Gasteiger partial charge is 0.304 e. The molecule has 102 valence electrons. The SMILES string of the molecule is Cn1cc(-c2nc3sc4c(c3c(=O)[nH]2)CCCC4)nn1. The minimum atomic E-state index is -0.0601. The van der Waals surface area contributed by atoms with Crippen molar-refractivity contribution in [2.24, 2.45) is 7.05 Å². The summed E-state index contributed by atoms with van der Waals surface area (Å²) < 4.78 is 1.60. The van der Waals surface area contributed by atoms with Crippen LogP contribution < -0.4 is 5.56 Å². The molecule has 0 atom stereocenters. The van der Waals surface area contributed by atoms with E-state index >= 15 is 0 Å². The average Bonchev–Trinajstić information content (AvgIpc) is 3.01. The number of aromatic amines is 1. The van der Waals surface area contributed by atoms with Crippen molar-refractivity contribution in [2.75, 3.05) is 0 Å². The molecule has 0 bridgehead atoms. The molecule has 20 heavy (non-hydrogen) atoms. The van der Waals surface area contributed by atoms with E-state index in [1.807, 2.05) is 0 Å². The molecule has 0 aromatic carbocycles. The highest BCUT2D eigenvalue weighted by molar-refractivity contribution is 7.18. The van der Waals surface area contributed by atoms with Crippen molar-refractivity contribution in [2.45, 2.75) is 25.7 Å². The Morgan fingerprint density at radius 2 is 2.20 bits per heavy atom. The third-order valence-electron chi connectivity index (χ3n) is 3.67. The van der Waals surface area contributed by atoms with Crippen molar-refractivity contribution < 1.29 is 0 Å². The number of nitrogens with one attached hydrogen (secondary N) is 1. The van der Waals surface area contributed by atoms with Crippen LogP contribution in [0.5, 0.6) is 0 Å². The Kier molecular flexibility index (Phi) is 2.50. The first-order valence-corrected chi connectivity index (χ1v) is 7.45. The molecule has 3 aromatic rings. The summed E-state index contributed by atoms with van der Waals surface area (Å²) in [7, 11) is 1.79. The summed E-state index contributed by atoms with van der Waals surface area (Å²) >= 11 is 1.64. The molecule has 7 heteroatoms. The van der Waals surface area contributed by atoms with E-state index in [1.165, 1.54) is 16.9 Å². The number of thiophene rings is 1. The van der Waals surface area contributed by atoms with Crippen LogP contribution in [0.1, 0.15) is 23.3 Å². The molecular formula is C13H13N5OS. The monoisotopic (exact) mass is 287 g/mol. The fourth-order valence-electron chi connectivity index (χ4n) is 2.74. The second-order valence-electron chi connectivity index (χ2n) is 5.08. The van der Waals surface area contributed by atoms with E-state index in [1.54, 1.807) is 29.3 Å². The van der Waals surface area contributed by atoms with Crippen molar-refractivity contribution in [1.29, 1.82) is 0 Å². The van der Waals surface area contributed by atoms with Gasteiger partial charge in [0.05, 0.1) is 11.6 Å². The molecule has 3 heterocycles. The molecule has 0 saturated heterocycles. The summed E-state index contributed by atoms with van der Waals surface area (Å²) in [6.45, 7) is 0. The Hall–Kier alpha value is -2.02. The number of fused-ring (bicyclic) bond motifs is 3. The predicted octanol–water partition coefficient (Wildman–Crippen LogP) is 1.66. The molecule has 1 aliphatic rings. The van der Waals surface area contributed by atoms with Crippen molar-refractivity contribution >= 4 is 21.6 Å². The lowest BCUT2D eigenvalue weighted by Gasteiger charge is -2.09. The van der Waals surface area contributed by atoms with Gasteiger partial charge in [-0.2, -0.15) is 0 Å². The fourth-order valence-corrected chi connectivity index (χ4v) is 4.00. The number of aryl methyl sites for hydroxylation is 3. The van der Waals surface area contributed by atoms with Gasteiger partial charge in [-0.1, -0.05) is 5.21 Å². The van der Waals surface area contributed by atoms with Gasteiger partial charge in [0.2, 0.25) is 0 Å². The van der Waals surface area contributed by atoms with Gasteiger partial charge in [0.1, 0.15) is 10.5 Å². The quantitative estimate of drug-likeness (QED) is 0.738. The Morgan fingerprint density at radius 1 is 1.35 bits per heavy atom. The number of rotatable bonds is 1. The van der Waals surface area contributed by atoms with Gasteiger partial charge in [0.15, 0.2) is 5.82 Å². The normalized spacial score (nSPS) is 14.7. The molecule has 0 fully saturated rings. The van der Waals surface area contributed by atoms with Crippen LogP contribution in [-0.4, -0.2) is 25.0 Å². The van der Waals surface area contributed by atoms with Crippen LogP contribution in [0.2, 0.25) is 0 Å². The zero-order valence-corrected chi connectivity index (χ0v) is 11.8. The molecule has 3 aromatic heterocycles. The lowest BCUT2D eigenvalue weighted by molar-refractivity contribution is 0.700. The third kappa shape index (κ3) is 1.70. The van der Waals surface area contributed by atoms with Gasteiger partial charge in [-0.3, -0.25) is 9.48 Å². The highest BCUT2D eigenvalue weighted by Gasteiger charge is 2.20. The minimum Gasteiger partial charge on any atom is -0.304 e. The van der Waals surface area contributed by atoms with E-state index in [4.69, 9.17) is 0 Å². The summed E-state index contributed by atoms with van der Waals surface area (Å²) in [5, 5.41) is 8.65. The molecule has 0 aliphatic heterocycles. The Morgan fingerprint density at radius 3 is 3.00 bits per heavy atom. The summed E-state index contributed by atoms with van der Waals surface area (Å²) in [6, 6.07) is 0. The smallest absolute Gasteiger partial charge is 0.260 e. The molecule has 0 spiro atoms. The molecular weight excluding hydrogens is 274 g/mol. The van der Waals surface area contributed by atoms with Gasteiger partial charge in [-0.05, 0) is 31.2 Å². The Balaban J connectivity index is 1.97. The van der Waals surface area contributed by atoms with E-state index < -0.39 is 0 Å². The van der Waals surface area contributed by atoms with Crippen LogP contribution in [0, 0.1) is 0 Å². The van der Waals surface area contributed by atoms with Crippen LogP contribution >= 0.6 is 11.3 Å². The number of nitrogens with zero attached hydrogens (tertiary/aromatic N) is 4. The molecule has 0 saturated carbocycles. The fraction of sp³-hybridized carbons (Fsp3) is 0.385. The van der Waals surface area contributed by atoms with E-state index in [-0.39, 0.29) is 5.56 Å². The maximum absolute atomic E-state index is 12.4. The Bertz CT molecular complexity index is 859. The number of H-pyrrole nitrogens is 1. The standard InChI is InChI=1S/C13H13N5OS/c1-18-6-8(16-17-18)11-14-12(19)10-7-4-2-3-5-9(7)20-13(10)15-11/h6H,2-5H2,1H3,(H,14,15,19). The summed E-state index contributed by atoms with van der Waals surface area (Å²) in [4.78, 5) is 21.9. The summed E-state index contributed by atoms with van der Waals surface area (Å²) in [5.41, 5.74) is 1.74.